The van der Waals surface area contributed by atoms with E-state index in [0.29, 0.717) is 11.3 Å². The van der Waals surface area contributed by atoms with Gasteiger partial charge in [-0.15, -0.1) is 5.10 Å². The molecule has 1 unspecified atom stereocenters. The molecule has 4 rings (SSSR count). The number of hydrogen-bond donors (Lipinski definition) is 1. The number of nitrogens with one attached hydrogen (secondary N) is 1. The predicted molar refractivity (Wildman–Crippen MR) is 142 cm³/mol. The fourth-order valence-corrected chi connectivity index (χ4v) is 5.94. The molecule has 0 aliphatic rings. The average molecular weight is 588 g/mol. The highest BCUT2D eigenvalue weighted by Crippen LogP contribution is 2.59. The van der Waals surface area contributed by atoms with Gasteiger partial charge in [0.25, 0.3) is 11.7 Å². The second-order valence-corrected chi connectivity index (χ2v) is 11.1. The van der Waals surface area contributed by atoms with Crippen LogP contribution in [0, 0.1) is 13.8 Å². The lowest BCUT2D eigenvalue weighted by Crippen LogP contribution is -2.30. The standard InChI is InChI=1S/C25H27BrN5O5P/c1-5-34-37(33,35-6-2)23(18-11-13-19(26)14-12-18)28-22(32)20-9-7-8-10-21(20)36-25-29-24-27-16(3)15-17(4)31(24)30-25/h7-15,23H,5-6H2,1-4H3,(H,28,32). The van der Waals surface area contributed by atoms with Crippen LogP contribution in [-0.4, -0.2) is 38.7 Å². The van der Waals surface area contributed by atoms with Gasteiger partial charge in [-0.2, -0.15) is 9.50 Å². The van der Waals surface area contributed by atoms with Gasteiger partial charge in [-0.05, 0) is 63.6 Å². The summed E-state index contributed by atoms with van der Waals surface area (Å²) in [5.41, 5.74) is 2.41. The number of carbonyl (C=O) groups is 1. The Hall–Kier alpha value is -3.11. The first-order valence-corrected chi connectivity index (χ1v) is 14.1. The third-order valence-electron chi connectivity index (χ3n) is 5.32. The number of aromatic nitrogens is 4. The molecule has 2 aromatic heterocycles. The second kappa shape index (κ2) is 11.5. The van der Waals surface area contributed by atoms with E-state index in [0.717, 1.165) is 15.9 Å². The fraction of sp³-hybridized carbons (Fsp3) is 0.280. The Morgan fingerprint density at radius 1 is 1.05 bits per heavy atom. The van der Waals surface area contributed by atoms with Crippen molar-refractivity contribution in [1.29, 1.82) is 0 Å². The Kier molecular flexibility index (Phi) is 8.39. The molecule has 4 aromatic rings. The Balaban J connectivity index is 1.67. The summed E-state index contributed by atoms with van der Waals surface area (Å²) in [6.07, 6.45) is 0. The van der Waals surface area contributed by atoms with Crippen molar-refractivity contribution >= 4 is 35.2 Å². The van der Waals surface area contributed by atoms with Gasteiger partial charge in [0.05, 0.1) is 18.8 Å². The molecule has 1 N–H and O–H groups in total. The Bertz CT molecular complexity index is 1450. The zero-order valence-electron chi connectivity index (χ0n) is 20.8. The molecule has 10 nitrogen and oxygen atoms in total. The smallest absolute Gasteiger partial charge is 0.357 e. The van der Waals surface area contributed by atoms with Crippen molar-refractivity contribution in [3.63, 3.8) is 0 Å². The third-order valence-corrected chi connectivity index (χ3v) is 8.14. The minimum absolute atomic E-state index is 0.0419. The highest BCUT2D eigenvalue weighted by Gasteiger charge is 2.38. The van der Waals surface area contributed by atoms with Crippen LogP contribution in [0.3, 0.4) is 0 Å². The van der Waals surface area contributed by atoms with E-state index in [1.54, 1.807) is 66.9 Å². The number of ether oxygens (including phenoxy) is 1. The number of benzene rings is 2. The zero-order chi connectivity index (χ0) is 26.6. The fourth-order valence-electron chi connectivity index (χ4n) is 3.77. The Morgan fingerprint density at radius 2 is 1.73 bits per heavy atom. The summed E-state index contributed by atoms with van der Waals surface area (Å²) in [6.45, 7) is 7.48. The Labute approximate surface area is 223 Å². The number of fused-ring (bicyclic) bond motifs is 1. The highest BCUT2D eigenvalue weighted by atomic mass is 79.9. The van der Waals surface area contributed by atoms with E-state index in [2.05, 4.69) is 36.3 Å². The van der Waals surface area contributed by atoms with Gasteiger partial charge in [-0.1, -0.05) is 40.2 Å². The van der Waals surface area contributed by atoms with Crippen LogP contribution >= 0.6 is 23.5 Å². The van der Waals surface area contributed by atoms with Crippen LogP contribution in [0.15, 0.2) is 59.1 Å². The van der Waals surface area contributed by atoms with Crippen LogP contribution in [-0.2, 0) is 13.6 Å². The predicted octanol–water partition coefficient (Wildman–Crippen LogP) is 5.99. The van der Waals surface area contributed by atoms with Crippen LogP contribution < -0.4 is 10.1 Å². The lowest BCUT2D eigenvalue weighted by Gasteiger charge is -2.27. The van der Waals surface area contributed by atoms with Gasteiger partial charge < -0.3 is 19.1 Å². The molecule has 2 heterocycles. The van der Waals surface area contributed by atoms with E-state index in [1.165, 1.54) is 0 Å². The second-order valence-electron chi connectivity index (χ2n) is 8.05. The quantitative estimate of drug-likeness (QED) is 0.225. The van der Waals surface area contributed by atoms with Crippen molar-refractivity contribution in [2.45, 2.75) is 33.5 Å². The number of hydrogen-bond acceptors (Lipinski definition) is 8. The summed E-state index contributed by atoms with van der Waals surface area (Å²) < 4.78 is 33.2. The van der Waals surface area contributed by atoms with Crippen LogP contribution in [0.5, 0.6) is 11.8 Å². The Morgan fingerprint density at radius 3 is 2.41 bits per heavy atom. The molecule has 0 saturated carbocycles. The number of aryl methyl sites for hydroxylation is 2. The molecule has 0 spiro atoms. The first-order chi connectivity index (χ1) is 17.7. The van der Waals surface area contributed by atoms with Crippen molar-refractivity contribution in [2.24, 2.45) is 0 Å². The normalized spacial score (nSPS) is 12.5. The first kappa shape index (κ1) is 26.9. The SMILES string of the molecule is CCOP(=O)(OCC)C(NC(=O)c1ccccc1Oc1nc2nc(C)cc(C)n2n1)c1ccc(Br)cc1. The van der Waals surface area contributed by atoms with Crippen molar-refractivity contribution < 1.29 is 23.1 Å². The van der Waals surface area contributed by atoms with Crippen LogP contribution in [0.4, 0.5) is 0 Å². The molecule has 0 radical (unpaired) electrons. The maximum atomic E-state index is 13.8. The van der Waals surface area contributed by atoms with E-state index in [-0.39, 0.29) is 30.5 Å². The minimum atomic E-state index is -3.78. The van der Waals surface area contributed by atoms with Crippen LogP contribution in [0.2, 0.25) is 0 Å². The number of rotatable bonds is 10. The van der Waals surface area contributed by atoms with E-state index in [1.807, 2.05) is 19.9 Å². The number of nitrogens with zero attached hydrogens (tertiary/aromatic N) is 4. The molecular formula is C25H27BrN5O5P. The molecule has 0 saturated heterocycles. The van der Waals surface area contributed by atoms with Gasteiger partial charge in [0.2, 0.25) is 0 Å². The molecule has 1 amide bonds. The monoisotopic (exact) mass is 587 g/mol. The van der Waals surface area contributed by atoms with Crippen molar-refractivity contribution in [3.05, 3.63) is 81.6 Å². The molecule has 1 atom stereocenters. The summed E-state index contributed by atoms with van der Waals surface area (Å²) in [7, 11) is -3.78. The first-order valence-electron chi connectivity index (χ1n) is 11.7. The summed E-state index contributed by atoms with van der Waals surface area (Å²) >= 11 is 3.40. The molecule has 2 aromatic carbocycles. The maximum Gasteiger partial charge on any atom is 0.357 e. The van der Waals surface area contributed by atoms with Crippen molar-refractivity contribution in [1.82, 2.24) is 24.9 Å². The van der Waals surface area contributed by atoms with Gasteiger partial charge in [-0.25, -0.2) is 4.98 Å². The van der Waals surface area contributed by atoms with Gasteiger partial charge in [0.15, 0.2) is 5.78 Å². The van der Waals surface area contributed by atoms with Gasteiger partial charge in [0.1, 0.15) is 5.75 Å². The topological polar surface area (TPSA) is 117 Å². The zero-order valence-corrected chi connectivity index (χ0v) is 23.3. The molecular weight excluding hydrogens is 561 g/mol. The average Bonchev–Trinajstić information content (AvgIpc) is 3.26. The minimum Gasteiger partial charge on any atom is -0.422 e. The number of para-hydroxylation sites is 1. The van der Waals surface area contributed by atoms with Gasteiger partial charge in [-0.3, -0.25) is 9.36 Å². The molecule has 0 bridgehead atoms. The molecule has 37 heavy (non-hydrogen) atoms. The summed E-state index contributed by atoms with van der Waals surface area (Å²) in [4.78, 5) is 22.2. The molecule has 0 aliphatic heterocycles. The molecule has 0 fully saturated rings. The van der Waals surface area contributed by atoms with Crippen molar-refractivity contribution in [2.75, 3.05) is 13.2 Å². The van der Waals surface area contributed by atoms with Crippen molar-refractivity contribution in [3.8, 4) is 11.8 Å². The maximum absolute atomic E-state index is 13.8. The molecule has 12 heteroatoms. The lowest BCUT2D eigenvalue weighted by molar-refractivity contribution is 0.0934. The van der Waals surface area contributed by atoms with E-state index < -0.39 is 19.3 Å². The van der Waals surface area contributed by atoms with E-state index in [9.17, 15) is 9.36 Å². The van der Waals surface area contributed by atoms with Crippen LogP contribution in [0.1, 0.15) is 46.9 Å². The molecule has 0 aliphatic carbocycles. The summed E-state index contributed by atoms with van der Waals surface area (Å²) in [5, 5.41) is 7.20. The van der Waals surface area contributed by atoms with Gasteiger partial charge in [0, 0.05) is 15.9 Å². The van der Waals surface area contributed by atoms with E-state index in [4.69, 9.17) is 13.8 Å². The number of carbonyl (C=O) groups excluding carboxylic acids is 1. The molecule has 194 valence electrons. The number of amides is 1. The lowest BCUT2D eigenvalue weighted by atomic mass is 10.1. The highest BCUT2D eigenvalue weighted by molar-refractivity contribution is 9.10. The summed E-state index contributed by atoms with van der Waals surface area (Å²) in [6, 6.07) is 15.7. The van der Waals surface area contributed by atoms with Gasteiger partial charge >= 0.3 is 13.6 Å². The third kappa shape index (κ3) is 6.07. The van der Waals surface area contributed by atoms with E-state index >= 15 is 0 Å². The largest absolute Gasteiger partial charge is 0.422 e. The van der Waals surface area contributed by atoms with Crippen LogP contribution in [0.25, 0.3) is 5.78 Å². The number of halogens is 1. The summed E-state index contributed by atoms with van der Waals surface area (Å²) in [5.74, 6) is -0.970.